The summed E-state index contributed by atoms with van der Waals surface area (Å²) in [4.78, 5) is 18.2. The Labute approximate surface area is 114 Å². The summed E-state index contributed by atoms with van der Waals surface area (Å²) in [5.74, 6) is 0.925. The Bertz CT molecular complexity index is 548. The number of benzene rings is 1. The van der Waals surface area contributed by atoms with Gasteiger partial charge in [0.1, 0.15) is 0 Å². The molecular formula is C16H20N2O. The molecule has 2 heterocycles. The summed E-state index contributed by atoms with van der Waals surface area (Å²) in [6.07, 6.45) is 3.79. The lowest BCUT2D eigenvalue weighted by molar-refractivity contribution is -0.118. The minimum absolute atomic E-state index is 0.212. The van der Waals surface area contributed by atoms with Crippen LogP contribution in [0.1, 0.15) is 37.3 Å². The van der Waals surface area contributed by atoms with Gasteiger partial charge in [-0.1, -0.05) is 13.0 Å². The summed E-state index contributed by atoms with van der Waals surface area (Å²) in [5, 5.41) is 0. The van der Waals surface area contributed by atoms with E-state index in [9.17, 15) is 4.79 Å². The number of carbonyl (C=O) groups is 1. The van der Waals surface area contributed by atoms with Gasteiger partial charge in [-0.2, -0.15) is 0 Å². The molecule has 0 saturated heterocycles. The van der Waals surface area contributed by atoms with Gasteiger partial charge in [-0.15, -0.1) is 0 Å². The number of hydrogen-bond donors (Lipinski definition) is 0. The number of carbonyl (C=O) groups excluding carboxylic acids is 1. The Kier molecular flexibility index (Phi) is 3.13. The second kappa shape index (κ2) is 4.80. The minimum Gasteiger partial charge on any atom is -0.315 e. The molecule has 3 nitrogen and oxygen atoms in total. The fourth-order valence-corrected chi connectivity index (χ4v) is 2.89. The average Bonchev–Trinajstić information content (AvgIpc) is 2.43. The van der Waals surface area contributed by atoms with Crippen molar-refractivity contribution >= 4 is 17.3 Å². The molecule has 1 aromatic rings. The van der Waals surface area contributed by atoms with Gasteiger partial charge in [0.2, 0.25) is 5.91 Å². The summed E-state index contributed by atoms with van der Waals surface area (Å²) in [6, 6.07) is 6.41. The fraction of sp³-hybridized carbons (Fsp3) is 0.500. The molecular weight excluding hydrogens is 236 g/mol. The molecule has 3 rings (SSSR count). The van der Waals surface area contributed by atoms with E-state index in [1.807, 2.05) is 7.05 Å². The number of anilines is 1. The predicted molar refractivity (Wildman–Crippen MR) is 78.0 cm³/mol. The van der Waals surface area contributed by atoms with Gasteiger partial charge in [-0.25, -0.2) is 0 Å². The Morgan fingerprint density at radius 3 is 2.84 bits per heavy atom. The first-order valence-electron chi connectivity index (χ1n) is 7.08. The van der Waals surface area contributed by atoms with Gasteiger partial charge in [-0.05, 0) is 48.4 Å². The molecule has 1 atom stereocenters. The second-order valence-corrected chi connectivity index (χ2v) is 5.73. The van der Waals surface area contributed by atoms with Crippen molar-refractivity contribution in [2.75, 3.05) is 18.5 Å². The Hall–Kier alpha value is -1.64. The largest absolute Gasteiger partial charge is 0.315 e. The molecule has 0 fully saturated rings. The van der Waals surface area contributed by atoms with E-state index >= 15 is 0 Å². The zero-order valence-electron chi connectivity index (χ0n) is 11.6. The molecule has 1 unspecified atom stereocenters. The van der Waals surface area contributed by atoms with Crippen LogP contribution in [-0.2, 0) is 11.2 Å². The van der Waals surface area contributed by atoms with Gasteiger partial charge in [0.15, 0.2) is 0 Å². The topological polar surface area (TPSA) is 32.7 Å². The molecule has 19 heavy (non-hydrogen) atoms. The molecule has 0 bridgehead atoms. The van der Waals surface area contributed by atoms with E-state index in [1.54, 1.807) is 4.90 Å². The molecule has 0 spiro atoms. The smallest absolute Gasteiger partial charge is 0.227 e. The monoisotopic (exact) mass is 256 g/mol. The van der Waals surface area contributed by atoms with Gasteiger partial charge in [0, 0.05) is 31.4 Å². The highest BCUT2D eigenvalue weighted by atomic mass is 16.2. The van der Waals surface area contributed by atoms with Crippen LogP contribution in [0.2, 0.25) is 0 Å². The number of hydrogen-bond acceptors (Lipinski definition) is 2. The summed E-state index contributed by atoms with van der Waals surface area (Å²) in [7, 11) is 1.86. The number of rotatable bonds is 1. The van der Waals surface area contributed by atoms with Crippen molar-refractivity contribution in [3.63, 3.8) is 0 Å². The van der Waals surface area contributed by atoms with E-state index < -0.39 is 0 Å². The van der Waals surface area contributed by atoms with Crippen LogP contribution in [0.5, 0.6) is 0 Å². The number of nitrogens with zero attached hydrogens (tertiary/aromatic N) is 2. The summed E-state index contributed by atoms with van der Waals surface area (Å²) in [6.45, 7) is 3.21. The third-order valence-electron chi connectivity index (χ3n) is 4.22. The number of amides is 1. The van der Waals surface area contributed by atoms with Crippen LogP contribution in [0.4, 0.5) is 5.69 Å². The molecule has 0 aromatic heterocycles. The van der Waals surface area contributed by atoms with Crippen LogP contribution in [0, 0.1) is 5.92 Å². The van der Waals surface area contributed by atoms with Crippen molar-refractivity contribution in [1.82, 2.24) is 0 Å². The Balaban J connectivity index is 1.92. The van der Waals surface area contributed by atoms with Crippen molar-refractivity contribution < 1.29 is 4.79 Å². The molecule has 0 N–H and O–H groups in total. The summed E-state index contributed by atoms with van der Waals surface area (Å²) >= 11 is 0. The van der Waals surface area contributed by atoms with Crippen LogP contribution in [0.3, 0.4) is 0 Å². The number of aryl methyl sites for hydroxylation is 1. The molecule has 1 aromatic carbocycles. The number of fused-ring (bicyclic) bond motifs is 1. The maximum atomic E-state index is 11.7. The highest BCUT2D eigenvalue weighted by Gasteiger charge is 2.22. The second-order valence-electron chi connectivity index (χ2n) is 5.73. The lowest BCUT2D eigenvalue weighted by atomic mass is 9.92. The standard InChI is InChI=1S/C16H20N2O/c1-11-3-6-14(17-10-11)12-4-7-15-13(9-12)5-8-16(19)18(15)2/h4,7,9,11H,3,5-6,8,10H2,1-2H3. The molecule has 1 amide bonds. The van der Waals surface area contributed by atoms with Crippen molar-refractivity contribution in [3.05, 3.63) is 29.3 Å². The first-order chi connectivity index (χ1) is 9.15. The lowest BCUT2D eigenvalue weighted by Crippen LogP contribution is -2.31. The van der Waals surface area contributed by atoms with E-state index in [-0.39, 0.29) is 5.91 Å². The van der Waals surface area contributed by atoms with Crippen LogP contribution in [0.15, 0.2) is 23.2 Å². The van der Waals surface area contributed by atoms with Crippen LogP contribution in [0.25, 0.3) is 0 Å². The van der Waals surface area contributed by atoms with E-state index in [1.165, 1.54) is 23.3 Å². The molecule has 3 heteroatoms. The molecule has 0 aliphatic carbocycles. The van der Waals surface area contributed by atoms with Crippen LogP contribution < -0.4 is 4.90 Å². The maximum Gasteiger partial charge on any atom is 0.227 e. The quantitative estimate of drug-likeness (QED) is 0.760. The van der Waals surface area contributed by atoms with Gasteiger partial charge in [0.05, 0.1) is 0 Å². The van der Waals surface area contributed by atoms with Crippen molar-refractivity contribution in [2.24, 2.45) is 10.9 Å². The average molecular weight is 256 g/mol. The highest BCUT2D eigenvalue weighted by Crippen LogP contribution is 2.29. The van der Waals surface area contributed by atoms with Crippen LogP contribution >= 0.6 is 0 Å². The van der Waals surface area contributed by atoms with Gasteiger partial charge >= 0.3 is 0 Å². The normalized spacial score (nSPS) is 23.1. The SMILES string of the molecule is CC1CCC(c2ccc3c(c2)CCC(=O)N3C)=NC1. The zero-order valence-corrected chi connectivity index (χ0v) is 11.6. The third-order valence-corrected chi connectivity index (χ3v) is 4.22. The molecule has 0 saturated carbocycles. The van der Waals surface area contributed by atoms with Gasteiger partial charge in [-0.3, -0.25) is 9.79 Å². The highest BCUT2D eigenvalue weighted by molar-refractivity contribution is 6.02. The molecule has 2 aliphatic heterocycles. The van der Waals surface area contributed by atoms with E-state index in [0.29, 0.717) is 12.3 Å². The Morgan fingerprint density at radius 1 is 1.26 bits per heavy atom. The Morgan fingerprint density at radius 2 is 2.11 bits per heavy atom. The van der Waals surface area contributed by atoms with Crippen LogP contribution in [-0.4, -0.2) is 25.2 Å². The summed E-state index contributed by atoms with van der Waals surface area (Å²) in [5.41, 5.74) is 4.82. The van der Waals surface area contributed by atoms with E-state index in [0.717, 1.165) is 25.1 Å². The molecule has 2 aliphatic rings. The molecule has 100 valence electrons. The summed E-state index contributed by atoms with van der Waals surface area (Å²) < 4.78 is 0. The van der Waals surface area contributed by atoms with Gasteiger partial charge in [0.25, 0.3) is 0 Å². The number of aliphatic imine (C=N–C) groups is 1. The van der Waals surface area contributed by atoms with Crippen molar-refractivity contribution in [2.45, 2.75) is 32.6 Å². The fourth-order valence-electron chi connectivity index (χ4n) is 2.89. The van der Waals surface area contributed by atoms with Crippen molar-refractivity contribution in [1.29, 1.82) is 0 Å². The van der Waals surface area contributed by atoms with Crippen molar-refractivity contribution in [3.8, 4) is 0 Å². The zero-order chi connectivity index (χ0) is 13.4. The minimum atomic E-state index is 0.212. The van der Waals surface area contributed by atoms with E-state index in [2.05, 4.69) is 25.1 Å². The predicted octanol–water partition coefficient (Wildman–Crippen LogP) is 2.81. The first kappa shape index (κ1) is 12.4. The van der Waals surface area contributed by atoms with E-state index in [4.69, 9.17) is 4.99 Å². The maximum absolute atomic E-state index is 11.7. The molecule has 0 radical (unpaired) electrons. The third kappa shape index (κ3) is 2.29. The first-order valence-corrected chi connectivity index (χ1v) is 7.08. The van der Waals surface area contributed by atoms with Gasteiger partial charge < -0.3 is 4.90 Å². The lowest BCUT2D eigenvalue weighted by Gasteiger charge is -2.26.